The van der Waals surface area contributed by atoms with E-state index in [4.69, 9.17) is 9.47 Å². The number of aromatic nitrogens is 1. The first-order valence-electron chi connectivity index (χ1n) is 20.3. The molecule has 298 valence electrons. The lowest BCUT2D eigenvalue weighted by Crippen LogP contribution is -2.58. The molecule has 1 aromatic heterocycles. The lowest BCUT2D eigenvalue weighted by atomic mass is 9.49. The maximum atomic E-state index is 14.9. The number of nitrogens with one attached hydrogen (secondary N) is 3. The molecule has 4 bridgehead atoms. The number of para-hydroxylation sites is 1. The molecule has 11 heteroatoms. The molecular weight excluding hydrogens is 721 g/mol. The second kappa shape index (κ2) is 15.8. The van der Waals surface area contributed by atoms with Crippen LogP contribution in [0.25, 0.3) is 10.9 Å². The Hall–Kier alpha value is -5.45. The van der Waals surface area contributed by atoms with Crippen molar-refractivity contribution in [3.8, 4) is 0 Å². The molecular formula is C46H52N4O7. The quantitative estimate of drug-likeness (QED) is 0.116. The van der Waals surface area contributed by atoms with Crippen LogP contribution in [0, 0.1) is 28.6 Å². The second-order valence-electron chi connectivity index (χ2n) is 17.1. The Kier molecular flexibility index (Phi) is 10.7. The molecule has 57 heavy (non-hydrogen) atoms. The lowest BCUT2D eigenvalue weighted by molar-refractivity contribution is -0.163. The van der Waals surface area contributed by atoms with E-state index >= 15 is 0 Å². The number of amides is 3. The van der Waals surface area contributed by atoms with Crippen molar-refractivity contribution in [2.24, 2.45) is 28.6 Å². The monoisotopic (exact) mass is 772 g/mol. The molecule has 4 atom stereocenters. The number of methoxy groups -OCH3 is 2. The fraction of sp³-hybridized carbons (Fsp3) is 0.457. The molecule has 3 N–H and O–H groups in total. The number of likely N-dealkylation sites (tertiary alicyclic amines) is 1. The van der Waals surface area contributed by atoms with E-state index in [9.17, 15) is 24.0 Å². The smallest absolute Gasteiger partial charge is 0.328 e. The number of ether oxygens (including phenoxy) is 2. The van der Waals surface area contributed by atoms with E-state index in [1.807, 2.05) is 91.1 Å². The zero-order valence-electron chi connectivity index (χ0n) is 32.7. The molecule has 0 spiro atoms. The maximum absolute atomic E-state index is 14.9. The number of hydrogen-bond acceptors (Lipinski definition) is 7. The maximum Gasteiger partial charge on any atom is 0.328 e. The molecule has 2 heterocycles. The zero-order valence-corrected chi connectivity index (χ0v) is 32.7. The van der Waals surface area contributed by atoms with Gasteiger partial charge in [-0.15, -0.1) is 0 Å². The van der Waals surface area contributed by atoms with Crippen LogP contribution in [0.3, 0.4) is 0 Å². The van der Waals surface area contributed by atoms with Crippen molar-refractivity contribution < 1.29 is 33.4 Å². The number of rotatable bonds is 14. The Balaban J connectivity index is 1.10. The van der Waals surface area contributed by atoms with Gasteiger partial charge in [0.25, 0.3) is 0 Å². The third-order valence-electron chi connectivity index (χ3n) is 13.4. The Morgan fingerprint density at radius 2 is 1.40 bits per heavy atom. The highest BCUT2D eigenvalue weighted by molar-refractivity contribution is 6.06. The van der Waals surface area contributed by atoms with Gasteiger partial charge in [-0.05, 0) is 91.9 Å². The van der Waals surface area contributed by atoms with Crippen molar-refractivity contribution in [3.63, 3.8) is 0 Å². The van der Waals surface area contributed by atoms with Crippen LogP contribution in [0.2, 0.25) is 0 Å². The van der Waals surface area contributed by atoms with Crippen molar-refractivity contribution in [2.75, 3.05) is 20.8 Å². The molecule has 3 amide bonds. The minimum atomic E-state index is -1.66. The summed E-state index contributed by atoms with van der Waals surface area (Å²) in [6.07, 6.45) is 8.46. The Labute approximate surface area is 333 Å². The van der Waals surface area contributed by atoms with Crippen molar-refractivity contribution in [3.05, 3.63) is 108 Å². The van der Waals surface area contributed by atoms with Gasteiger partial charge in [0.05, 0.1) is 20.3 Å². The van der Waals surface area contributed by atoms with Gasteiger partial charge in [-0.1, -0.05) is 78.9 Å². The predicted molar refractivity (Wildman–Crippen MR) is 213 cm³/mol. The van der Waals surface area contributed by atoms with Gasteiger partial charge in [0.15, 0.2) is 5.41 Å². The highest BCUT2D eigenvalue weighted by Crippen LogP contribution is 2.60. The minimum Gasteiger partial charge on any atom is -0.468 e. The van der Waals surface area contributed by atoms with Gasteiger partial charge in [0.2, 0.25) is 17.7 Å². The molecule has 5 aliphatic rings. The normalized spacial score (nSPS) is 27.2. The zero-order chi connectivity index (χ0) is 39.7. The second-order valence-corrected chi connectivity index (χ2v) is 17.1. The highest BCUT2D eigenvalue weighted by atomic mass is 16.5. The number of carbonyl (C=O) groups is 5. The van der Waals surface area contributed by atoms with E-state index in [2.05, 4.69) is 15.6 Å². The summed E-state index contributed by atoms with van der Waals surface area (Å²) in [5.74, 6) is -0.700. The van der Waals surface area contributed by atoms with Crippen LogP contribution in [0.15, 0.2) is 91.1 Å². The first-order valence-corrected chi connectivity index (χ1v) is 20.3. The van der Waals surface area contributed by atoms with Gasteiger partial charge in [-0.25, -0.2) is 4.79 Å². The van der Waals surface area contributed by atoms with Gasteiger partial charge in [-0.2, -0.15) is 0 Å². The summed E-state index contributed by atoms with van der Waals surface area (Å²) in [4.78, 5) is 76.2. The molecule has 0 unspecified atom stereocenters. The number of hydrogen-bond donors (Lipinski definition) is 3. The molecule has 4 aromatic rings. The van der Waals surface area contributed by atoms with Gasteiger partial charge < -0.3 is 30.0 Å². The summed E-state index contributed by atoms with van der Waals surface area (Å²) < 4.78 is 10.6. The largest absolute Gasteiger partial charge is 0.468 e. The van der Waals surface area contributed by atoms with Crippen molar-refractivity contribution >= 4 is 40.6 Å². The number of benzene rings is 3. The Bertz CT molecular complexity index is 2100. The molecule has 1 saturated heterocycles. The number of nitrogens with zero attached hydrogens (tertiary/aromatic N) is 1. The summed E-state index contributed by atoms with van der Waals surface area (Å²) in [6.45, 7) is -0.0714. The fourth-order valence-corrected chi connectivity index (χ4v) is 11.1. The number of fused-ring (bicyclic) bond motifs is 1. The van der Waals surface area contributed by atoms with Crippen molar-refractivity contribution in [1.29, 1.82) is 0 Å². The average Bonchev–Trinajstić information content (AvgIpc) is 3.75. The van der Waals surface area contributed by atoms with E-state index in [0.717, 1.165) is 46.9 Å². The number of aromatic amines is 1. The molecule has 3 aromatic carbocycles. The van der Waals surface area contributed by atoms with E-state index in [1.165, 1.54) is 38.4 Å². The molecule has 9 rings (SSSR count). The Morgan fingerprint density at radius 1 is 0.789 bits per heavy atom. The highest BCUT2D eigenvalue weighted by Gasteiger charge is 2.60. The SMILES string of the molecule is COC(=O)[C@H](Cc1ccccc1)N1C(=O)[C@@](Cc2ccccc2)(C(=O)OC)C[C@@H]1CNC(=O)[C@@H](Cc1c[nH]c2ccccc12)NC(=O)C12CC3CC(CC(C3)C1)C2. The fourth-order valence-electron chi connectivity index (χ4n) is 11.1. The van der Waals surface area contributed by atoms with Crippen LogP contribution in [0.5, 0.6) is 0 Å². The van der Waals surface area contributed by atoms with Crippen LogP contribution < -0.4 is 10.6 Å². The third kappa shape index (κ3) is 7.44. The van der Waals surface area contributed by atoms with Crippen LogP contribution in [0.1, 0.15) is 61.6 Å². The molecule has 0 radical (unpaired) electrons. The minimum absolute atomic E-state index is 0.0112. The van der Waals surface area contributed by atoms with Crippen molar-refractivity contribution in [1.82, 2.24) is 20.5 Å². The number of esters is 2. The van der Waals surface area contributed by atoms with Crippen molar-refractivity contribution in [2.45, 2.75) is 82.3 Å². The summed E-state index contributed by atoms with van der Waals surface area (Å²) in [7, 11) is 2.53. The van der Waals surface area contributed by atoms with Gasteiger partial charge >= 0.3 is 11.9 Å². The number of carbonyl (C=O) groups excluding carboxylic acids is 5. The summed E-state index contributed by atoms with van der Waals surface area (Å²) in [6, 6.07) is 23.6. The topological polar surface area (TPSA) is 147 Å². The summed E-state index contributed by atoms with van der Waals surface area (Å²) in [5, 5.41) is 7.29. The molecule has 4 saturated carbocycles. The molecule has 1 aliphatic heterocycles. The van der Waals surface area contributed by atoms with Gasteiger partial charge in [0, 0.05) is 41.9 Å². The van der Waals surface area contributed by atoms with Crippen LogP contribution in [0.4, 0.5) is 0 Å². The number of H-pyrrole nitrogens is 1. The van der Waals surface area contributed by atoms with E-state index in [1.54, 1.807) is 0 Å². The molecule has 11 nitrogen and oxygen atoms in total. The molecule has 4 aliphatic carbocycles. The van der Waals surface area contributed by atoms with Crippen LogP contribution in [-0.2, 0) is 52.7 Å². The van der Waals surface area contributed by atoms with Gasteiger partial charge in [0.1, 0.15) is 12.1 Å². The molecule has 5 fully saturated rings. The van der Waals surface area contributed by atoms with E-state index in [0.29, 0.717) is 17.8 Å². The summed E-state index contributed by atoms with van der Waals surface area (Å²) in [5.41, 5.74) is 1.26. The predicted octanol–water partition coefficient (Wildman–Crippen LogP) is 5.32. The third-order valence-corrected chi connectivity index (χ3v) is 13.4. The van der Waals surface area contributed by atoms with E-state index in [-0.39, 0.29) is 38.1 Å². The summed E-state index contributed by atoms with van der Waals surface area (Å²) >= 11 is 0. The first kappa shape index (κ1) is 38.4. The average molecular weight is 773 g/mol. The van der Waals surface area contributed by atoms with Crippen LogP contribution >= 0.6 is 0 Å². The lowest BCUT2D eigenvalue weighted by Gasteiger charge is -2.55. The van der Waals surface area contributed by atoms with Crippen LogP contribution in [-0.4, -0.2) is 78.4 Å². The van der Waals surface area contributed by atoms with Gasteiger partial charge in [-0.3, -0.25) is 19.2 Å². The Morgan fingerprint density at radius 3 is 2.04 bits per heavy atom. The first-order chi connectivity index (χ1) is 27.6. The van der Waals surface area contributed by atoms with E-state index < -0.39 is 52.7 Å². The standard InChI is InChI=1S/C46H52N4O7/c1-56-41(52)39(20-29-11-5-3-6-12-29)50-35(26-46(43(50)54,44(55)57-2)25-30-13-7-4-8-14-30)28-48-40(51)38(21-34-27-47-37-16-10-9-15-36(34)37)49-42(53)45-22-31-17-32(23-45)19-33(18-31)24-45/h3-16,27,31-33,35,38-39,47H,17-26,28H2,1-2H3,(H,48,51)(H,49,53)/t31?,32?,33?,35-,38-,39+,45?,46+/m1/s1.